The van der Waals surface area contributed by atoms with Gasteiger partial charge in [-0.05, 0) is 0 Å². The van der Waals surface area contributed by atoms with Crippen LogP contribution in [-0.2, 0) is 0 Å². The second-order valence-corrected chi connectivity index (χ2v) is 0.811. The third kappa shape index (κ3) is 6.20. The quantitative estimate of drug-likeness (QED) is 0.446. The van der Waals surface area contributed by atoms with Crippen LogP contribution in [0.15, 0.2) is 11.6 Å². The van der Waals surface area contributed by atoms with E-state index in [1.807, 2.05) is 0 Å². The van der Waals surface area contributed by atoms with E-state index < -0.39 is 0 Å². The molecule has 0 aromatic heterocycles. The molecule has 0 spiro atoms. The smallest absolute Gasteiger partial charge is 0.391 e. The van der Waals surface area contributed by atoms with Crippen LogP contribution in [0.25, 0.3) is 0 Å². The van der Waals surface area contributed by atoms with Crippen molar-refractivity contribution in [2.24, 2.45) is 0 Å². The summed E-state index contributed by atoms with van der Waals surface area (Å²) in [6.07, 6.45) is 2.16. The molecule has 0 unspecified atom stereocenters. The Bertz CT molecular complexity index is 76.1. The maximum atomic E-state index is 6.41. The molecule has 0 aliphatic heterocycles. The standard InChI is InChI=1S/C5H5N.U/c1-3-5(2)4-6;/h1-4,6H;/q-2;+2. The van der Waals surface area contributed by atoms with Gasteiger partial charge >= 0.3 is 31.1 Å². The minimum Gasteiger partial charge on any atom is -0.391 e. The Balaban J connectivity index is 0. The van der Waals surface area contributed by atoms with Gasteiger partial charge in [-0.25, -0.2) is 0 Å². The number of hydrogen-bond donors (Lipinski definition) is 1. The molecule has 0 atom stereocenters. The Morgan fingerprint density at radius 3 is 2.00 bits per heavy atom. The van der Waals surface area contributed by atoms with Crippen molar-refractivity contribution in [1.29, 1.82) is 5.41 Å². The molecule has 34 valence electrons. The molecule has 0 amide bonds. The van der Waals surface area contributed by atoms with E-state index in [9.17, 15) is 0 Å². The number of hydrogen-bond acceptors (Lipinski definition) is 1. The Kier molecular flexibility index (Phi) is 9.07. The van der Waals surface area contributed by atoms with Crippen LogP contribution in [0.4, 0.5) is 0 Å². The fourth-order valence-electron chi connectivity index (χ4n) is 0.0481. The van der Waals surface area contributed by atoms with Crippen molar-refractivity contribution < 1.29 is 31.1 Å². The van der Waals surface area contributed by atoms with Crippen molar-refractivity contribution in [3.63, 3.8) is 0 Å². The largest absolute Gasteiger partial charge is 2.00 e. The Morgan fingerprint density at radius 2 is 2.00 bits per heavy atom. The molecule has 0 heterocycles. The van der Waals surface area contributed by atoms with E-state index in [4.69, 9.17) is 18.6 Å². The summed E-state index contributed by atoms with van der Waals surface area (Å²) in [6.45, 7) is 9.81. The van der Waals surface area contributed by atoms with E-state index in [0.29, 0.717) is 0 Å². The Morgan fingerprint density at radius 1 is 1.57 bits per heavy atom. The molecule has 0 saturated heterocycles. The molecule has 7 heavy (non-hydrogen) atoms. The minimum atomic E-state index is 0. The van der Waals surface area contributed by atoms with Crippen LogP contribution in [0.1, 0.15) is 0 Å². The molecule has 0 aliphatic rings. The van der Waals surface area contributed by atoms with E-state index in [0.717, 1.165) is 6.21 Å². The summed E-state index contributed by atoms with van der Waals surface area (Å²) in [7, 11) is 0. The number of rotatable bonds is 2. The maximum absolute atomic E-state index is 6.41. The molecule has 0 aromatic rings. The average molecular weight is 317 g/mol. The van der Waals surface area contributed by atoms with Crippen LogP contribution in [0.2, 0.25) is 0 Å². The predicted octanol–water partition coefficient (Wildman–Crippen LogP) is 0.985. The van der Waals surface area contributed by atoms with Gasteiger partial charge in [0.15, 0.2) is 0 Å². The van der Waals surface area contributed by atoms with Crippen LogP contribution in [0.3, 0.4) is 0 Å². The SMILES string of the molecule is [CH-]=CC(=[CH-])C=N.[U+2]. The molecule has 0 radical (unpaired) electrons. The second-order valence-electron chi connectivity index (χ2n) is 0.811. The molecule has 0 saturated carbocycles. The van der Waals surface area contributed by atoms with Gasteiger partial charge in [-0.2, -0.15) is 6.21 Å². The van der Waals surface area contributed by atoms with E-state index >= 15 is 0 Å². The Labute approximate surface area is 67.4 Å². The molecule has 1 nitrogen and oxygen atoms in total. The normalized spacial score (nSPS) is 5.71. The summed E-state index contributed by atoms with van der Waals surface area (Å²) in [6, 6.07) is 0. The Hall–Kier alpha value is 0.202. The molecule has 0 aromatic carbocycles. The minimum absolute atomic E-state index is 0. The van der Waals surface area contributed by atoms with Crippen molar-refractivity contribution in [3.8, 4) is 0 Å². The van der Waals surface area contributed by atoms with Crippen molar-refractivity contribution in [2.75, 3.05) is 0 Å². The zero-order valence-electron chi connectivity index (χ0n) is 3.81. The van der Waals surface area contributed by atoms with E-state index in [2.05, 4.69) is 0 Å². The van der Waals surface area contributed by atoms with E-state index in [1.54, 1.807) is 0 Å². The van der Waals surface area contributed by atoms with Gasteiger partial charge < -0.3 is 30.2 Å². The number of nitrogens with one attached hydrogen (secondary N) is 1. The molecular formula is C5H5NU. The van der Waals surface area contributed by atoms with Gasteiger partial charge in [-0.1, -0.05) is 0 Å². The zero-order chi connectivity index (χ0) is 4.99. The van der Waals surface area contributed by atoms with Crippen LogP contribution in [0, 0.1) is 49.7 Å². The van der Waals surface area contributed by atoms with Gasteiger partial charge in [-0.15, -0.1) is 0 Å². The monoisotopic (exact) mass is 317 g/mol. The van der Waals surface area contributed by atoms with Crippen molar-refractivity contribution >= 4 is 6.21 Å². The molecule has 0 rings (SSSR count). The first-order valence-corrected chi connectivity index (χ1v) is 1.49. The van der Waals surface area contributed by atoms with Gasteiger partial charge in [0.05, 0.1) is 0 Å². The van der Waals surface area contributed by atoms with Crippen LogP contribution in [-0.4, -0.2) is 6.21 Å². The second kappa shape index (κ2) is 6.20. The van der Waals surface area contributed by atoms with Gasteiger partial charge in [-0.3, -0.25) is 0 Å². The summed E-state index contributed by atoms with van der Waals surface area (Å²) in [5.74, 6) is 0. The third-order valence-corrected chi connectivity index (χ3v) is 0.359. The fraction of sp³-hybridized carbons (Fsp3) is 0. The molecule has 1 N–H and O–H groups in total. The average Bonchev–Trinajstić information content (AvgIpc) is 1.65. The maximum Gasteiger partial charge on any atom is 2.00 e. The topological polar surface area (TPSA) is 23.9 Å². The summed E-state index contributed by atoms with van der Waals surface area (Å²) >= 11 is 0. The molecule has 0 bridgehead atoms. The number of allylic oxidation sites excluding steroid dienone is 2. The van der Waals surface area contributed by atoms with Crippen molar-refractivity contribution in [3.05, 3.63) is 24.8 Å². The van der Waals surface area contributed by atoms with Crippen molar-refractivity contribution in [1.82, 2.24) is 0 Å². The van der Waals surface area contributed by atoms with E-state index in [1.165, 1.54) is 6.08 Å². The zero-order valence-corrected chi connectivity index (χ0v) is 7.97. The first-order valence-electron chi connectivity index (χ1n) is 1.49. The van der Waals surface area contributed by atoms with Crippen LogP contribution in [0.5, 0.6) is 0 Å². The van der Waals surface area contributed by atoms with Crippen LogP contribution >= 0.6 is 0 Å². The van der Waals surface area contributed by atoms with E-state index in [-0.39, 0.29) is 36.7 Å². The third-order valence-electron chi connectivity index (χ3n) is 0.359. The summed E-state index contributed by atoms with van der Waals surface area (Å²) in [5.41, 5.74) is 0.287. The van der Waals surface area contributed by atoms with Gasteiger partial charge in [0.1, 0.15) is 0 Å². The summed E-state index contributed by atoms with van der Waals surface area (Å²) in [4.78, 5) is 0. The molecule has 0 fully saturated rings. The molecule has 0 aliphatic carbocycles. The fourth-order valence-corrected chi connectivity index (χ4v) is 0.0481. The predicted molar refractivity (Wildman–Crippen MR) is 25.5 cm³/mol. The van der Waals surface area contributed by atoms with Crippen molar-refractivity contribution in [2.45, 2.75) is 0 Å². The summed E-state index contributed by atoms with van der Waals surface area (Å²) < 4.78 is 0. The first-order chi connectivity index (χ1) is 2.81. The summed E-state index contributed by atoms with van der Waals surface area (Å²) in [5, 5.41) is 6.41. The molecular weight excluding hydrogens is 312 g/mol. The first kappa shape index (κ1) is 10.2. The van der Waals surface area contributed by atoms with Gasteiger partial charge in [0.2, 0.25) is 0 Å². The van der Waals surface area contributed by atoms with Gasteiger partial charge in [0, 0.05) is 0 Å². The van der Waals surface area contributed by atoms with Crippen LogP contribution < -0.4 is 0 Å². The molecule has 2 heteroatoms. The van der Waals surface area contributed by atoms with Gasteiger partial charge in [0.25, 0.3) is 0 Å².